The first kappa shape index (κ1) is 13.2. The molecule has 0 aromatic carbocycles. The number of likely N-dealkylation sites (tertiary alicyclic amines) is 1. The topological polar surface area (TPSA) is 32.3 Å². The van der Waals surface area contributed by atoms with Crippen molar-refractivity contribution in [2.45, 2.75) is 38.6 Å². The number of thioether (sulfide) groups is 1. The summed E-state index contributed by atoms with van der Waals surface area (Å²) in [5.74, 6) is 3.63. The summed E-state index contributed by atoms with van der Waals surface area (Å²) in [6.45, 7) is 5.08. The van der Waals surface area contributed by atoms with E-state index < -0.39 is 0 Å². The van der Waals surface area contributed by atoms with Crippen molar-refractivity contribution in [1.82, 2.24) is 10.2 Å². The Morgan fingerprint density at radius 3 is 2.76 bits per heavy atom. The molecule has 98 valence electrons. The van der Waals surface area contributed by atoms with Gasteiger partial charge in [-0.05, 0) is 30.9 Å². The molecule has 2 rings (SSSR count). The summed E-state index contributed by atoms with van der Waals surface area (Å²) in [5, 5.41) is 3.49. The lowest BCUT2D eigenvalue weighted by Gasteiger charge is -2.30. The zero-order chi connectivity index (χ0) is 12.1. The Morgan fingerprint density at radius 1 is 1.35 bits per heavy atom. The monoisotopic (exact) mass is 256 g/mol. The van der Waals surface area contributed by atoms with Gasteiger partial charge in [0.2, 0.25) is 5.91 Å². The van der Waals surface area contributed by atoms with Crippen LogP contribution in [0.4, 0.5) is 0 Å². The maximum atomic E-state index is 12.0. The van der Waals surface area contributed by atoms with Crippen molar-refractivity contribution in [3.05, 3.63) is 0 Å². The number of piperidine rings is 1. The number of amides is 1. The third-order valence-electron chi connectivity index (χ3n) is 3.84. The van der Waals surface area contributed by atoms with Gasteiger partial charge < -0.3 is 10.2 Å². The van der Waals surface area contributed by atoms with Gasteiger partial charge in [-0.2, -0.15) is 11.8 Å². The Bertz CT molecular complexity index is 246. The second-order valence-corrected chi connectivity index (χ2v) is 6.48. The van der Waals surface area contributed by atoms with Crippen LogP contribution < -0.4 is 5.32 Å². The number of rotatable bonds is 4. The Kier molecular flexibility index (Phi) is 5.16. The predicted molar refractivity (Wildman–Crippen MR) is 73.3 cm³/mol. The van der Waals surface area contributed by atoms with Crippen LogP contribution in [0.25, 0.3) is 0 Å². The van der Waals surface area contributed by atoms with Gasteiger partial charge in [0.15, 0.2) is 0 Å². The molecule has 2 saturated heterocycles. The molecule has 4 heteroatoms. The van der Waals surface area contributed by atoms with E-state index in [0.29, 0.717) is 18.4 Å². The normalized spacial score (nSPS) is 26.4. The van der Waals surface area contributed by atoms with E-state index in [2.05, 4.69) is 12.2 Å². The molecule has 0 unspecified atom stereocenters. The lowest BCUT2D eigenvalue weighted by atomic mass is 9.99. The number of hydrogen-bond donors (Lipinski definition) is 1. The molecule has 1 N–H and O–H groups in total. The van der Waals surface area contributed by atoms with Gasteiger partial charge in [0.1, 0.15) is 0 Å². The minimum atomic E-state index is 0.343. The third kappa shape index (κ3) is 4.18. The van der Waals surface area contributed by atoms with Crippen LogP contribution in [-0.4, -0.2) is 48.0 Å². The van der Waals surface area contributed by atoms with Crippen LogP contribution >= 0.6 is 11.8 Å². The molecular formula is C13H24N2OS. The zero-order valence-corrected chi connectivity index (χ0v) is 11.6. The highest BCUT2D eigenvalue weighted by molar-refractivity contribution is 7.99. The van der Waals surface area contributed by atoms with E-state index >= 15 is 0 Å². The van der Waals surface area contributed by atoms with Crippen molar-refractivity contribution in [3.63, 3.8) is 0 Å². The fourth-order valence-electron chi connectivity index (χ4n) is 2.49. The second-order valence-electron chi connectivity index (χ2n) is 5.33. The Hall–Kier alpha value is -0.220. The highest BCUT2D eigenvalue weighted by Crippen LogP contribution is 2.18. The number of hydrogen-bond acceptors (Lipinski definition) is 3. The SMILES string of the molecule is CC1CCN(C(=O)CCN[C@@H]2CCSC2)CC1. The summed E-state index contributed by atoms with van der Waals surface area (Å²) in [6.07, 6.45) is 4.30. The Labute approximate surface area is 109 Å². The molecule has 0 aromatic heterocycles. The lowest BCUT2D eigenvalue weighted by Crippen LogP contribution is -2.40. The molecule has 0 bridgehead atoms. The van der Waals surface area contributed by atoms with Crippen molar-refractivity contribution in [2.75, 3.05) is 31.1 Å². The average Bonchev–Trinajstić information content (AvgIpc) is 2.83. The van der Waals surface area contributed by atoms with Crippen molar-refractivity contribution in [3.8, 4) is 0 Å². The number of carbonyl (C=O) groups is 1. The maximum Gasteiger partial charge on any atom is 0.223 e. The minimum absolute atomic E-state index is 0.343. The molecule has 0 radical (unpaired) electrons. The van der Waals surface area contributed by atoms with Crippen molar-refractivity contribution in [2.24, 2.45) is 5.92 Å². The van der Waals surface area contributed by atoms with E-state index in [1.54, 1.807) is 0 Å². The van der Waals surface area contributed by atoms with Gasteiger partial charge in [-0.3, -0.25) is 4.79 Å². The molecule has 0 spiro atoms. The molecule has 0 saturated carbocycles. The fraction of sp³-hybridized carbons (Fsp3) is 0.923. The van der Waals surface area contributed by atoms with E-state index in [9.17, 15) is 4.79 Å². The van der Waals surface area contributed by atoms with E-state index in [0.717, 1.165) is 25.6 Å². The smallest absolute Gasteiger partial charge is 0.223 e. The van der Waals surface area contributed by atoms with E-state index in [1.165, 1.54) is 30.8 Å². The Morgan fingerprint density at radius 2 is 2.12 bits per heavy atom. The summed E-state index contributed by atoms with van der Waals surface area (Å²) < 4.78 is 0. The average molecular weight is 256 g/mol. The highest BCUT2D eigenvalue weighted by atomic mass is 32.2. The molecule has 0 aromatic rings. The van der Waals surface area contributed by atoms with Gasteiger partial charge in [-0.15, -0.1) is 0 Å². The summed E-state index contributed by atoms with van der Waals surface area (Å²) in [7, 11) is 0. The van der Waals surface area contributed by atoms with Crippen LogP contribution in [0.2, 0.25) is 0 Å². The van der Waals surface area contributed by atoms with Gasteiger partial charge in [-0.1, -0.05) is 6.92 Å². The van der Waals surface area contributed by atoms with Crippen LogP contribution in [0.3, 0.4) is 0 Å². The minimum Gasteiger partial charge on any atom is -0.343 e. The maximum absolute atomic E-state index is 12.0. The largest absolute Gasteiger partial charge is 0.343 e. The number of carbonyl (C=O) groups excluding carboxylic acids is 1. The zero-order valence-electron chi connectivity index (χ0n) is 10.8. The third-order valence-corrected chi connectivity index (χ3v) is 5.00. The predicted octanol–water partition coefficient (Wildman–Crippen LogP) is 1.73. The number of nitrogens with zero attached hydrogens (tertiary/aromatic N) is 1. The van der Waals surface area contributed by atoms with Crippen LogP contribution in [0.15, 0.2) is 0 Å². The van der Waals surface area contributed by atoms with Crippen LogP contribution in [0.5, 0.6) is 0 Å². The molecule has 2 fully saturated rings. The van der Waals surface area contributed by atoms with Crippen molar-refractivity contribution in [1.29, 1.82) is 0 Å². The van der Waals surface area contributed by atoms with Gasteiger partial charge in [-0.25, -0.2) is 0 Å². The van der Waals surface area contributed by atoms with Gasteiger partial charge in [0.05, 0.1) is 0 Å². The highest BCUT2D eigenvalue weighted by Gasteiger charge is 2.20. The molecule has 1 amide bonds. The Balaban J connectivity index is 1.60. The number of nitrogens with one attached hydrogen (secondary N) is 1. The summed E-state index contributed by atoms with van der Waals surface area (Å²) in [5.41, 5.74) is 0. The summed E-state index contributed by atoms with van der Waals surface area (Å²) >= 11 is 2.01. The molecule has 3 nitrogen and oxygen atoms in total. The molecular weight excluding hydrogens is 232 g/mol. The van der Waals surface area contributed by atoms with Gasteiger partial charge >= 0.3 is 0 Å². The van der Waals surface area contributed by atoms with E-state index in [1.807, 2.05) is 16.7 Å². The van der Waals surface area contributed by atoms with E-state index in [4.69, 9.17) is 0 Å². The molecule has 2 heterocycles. The van der Waals surface area contributed by atoms with E-state index in [-0.39, 0.29) is 0 Å². The van der Waals surface area contributed by atoms with Gasteiger partial charge in [0.25, 0.3) is 0 Å². The van der Waals surface area contributed by atoms with Crippen molar-refractivity contribution >= 4 is 17.7 Å². The van der Waals surface area contributed by atoms with Crippen molar-refractivity contribution < 1.29 is 4.79 Å². The standard InChI is InChI=1S/C13H24N2OS/c1-11-3-7-15(8-4-11)13(16)2-6-14-12-5-9-17-10-12/h11-12,14H,2-10H2,1H3/t12-/m1/s1. The van der Waals surface area contributed by atoms with Crippen LogP contribution in [0.1, 0.15) is 32.6 Å². The molecule has 1 atom stereocenters. The second kappa shape index (κ2) is 6.64. The first-order valence-electron chi connectivity index (χ1n) is 6.84. The summed E-state index contributed by atoms with van der Waals surface area (Å²) in [6, 6.07) is 0.647. The van der Waals surface area contributed by atoms with Crippen LogP contribution in [-0.2, 0) is 4.79 Å². The first-order chi connectivity index (χ1) is 8.25. The molecule has 0 aliphatic carbocycles. The molecule has 17 heavy (non-hydrogen) atoms. The molecule has 2 aliphatic heterocycles. The summed E-state index contributed by atoms with van der Waals surface area (Å²) in [4.78, 5) is 14.0. The van der Waals surface area contributed by atoms with Gasteiger partial charge in [0, 0.05) is 37.8 Å². The lowest BCUT2D eigenvalue weighted by molar-refractivity contribution is -0.132. The molecule has 2 aliphatic rings. The fourth-order valence-corrected chi connectivity index (χ4v) is 3.68. The van der Waals surface area contributed by atoms with Crippen LogP contribution in [0, 0.1) is 5.92 Å². The quantitative estimate of drug-likeness (QED) is 0.831. The first-order valence-corrected chi connectivity index (χ1v) is 8.00.